The van der Waals surface area contributed by atoms with Crippen LogP contribution in [0.5, 0.6) is 0 Å². The number of rotatable bonds is 4. The third-order valence-corrected chi connectivity index (χ3v) is 3.38. The van der Waals surface area contributed by atoms with Crippen molar-refractivity contribution in [2.75, 3.05) is 0 Å². The first-order valence-corrected chi connectivity index (χ1v) is 6.07. The first kappa shape index (κ1) is 12.6. The summed E-state index contributed by atoms with van der Waals surface area (Å²) in [6, 6.07) is 1.82. The van der Waals surface area contributed by atoms with Crippen LogP contribution in [0, 0.1) is 11.8 Å². The van der Waals surface area contributed by atoms with Crippen LogP contribution in [0.4, 0.5) is 0 Å². The van der Waals surface area contributed by atoms with Gasteiger partial charge in [0.1, 0.15) is 0 Å². The first-order valence-electron chi connectivity index (χ1n) is 6.07. The van der Waals surface area contributed by atoms with E-state index < -0.39 is 17.8 Å². The van der Waals surface area contributed by atoms with Crippen LogP contribution in [0.3, 0.4) is 0 Å². The van der Waals surface area contributed by atoms with Gasteiger partial charge in [-0.1, -0.05) is 6.42 Å². The Bertz CT molecular complexity index is 455. The van der Waals surface area contributed by atoms with Gasteiger partial charge in [-0.2, -0.15) is 5.10 Å². The van der Waals surface area contributed by atoms with Gasteiger partial charge < -0.3 is 10.4 Å². The van der Waals surface area contributed by atoms with Crippen molar-refractivity contribution in [1.29, 1.82) is 0 Å². The van der Waals surface area contributed by atoms with Gasteiger partial charge in [-0.05, 0) is 18.9 Å². The monoisotopic (exact) mass is 251 g/mol. The highest BCUT2D eigenvalue weighted by Crippen LogP contribution is 2.32. The number of carboxylic acid groups (broad SMARTS) is 1. The summed E-state index contributed by atoms with van der Waals surface area (Å²) in [6.45, 7) is 0.350. The fourth-order valence-corrected chi connectivity index (χ4v) is 2.44. The Hall–Kier alpha value is -1.85. The smallest absolute Gasteiger partial charge is 0.307 e. The molecule has 1 aromatic rings. The van der Waals surface area contributed by atoms with Gasteiger partial charge in [0.25, 0.3) is 0 Å². The molecule has 2 atom stereocenters. The van der Waals surface area contributed by atoms with Gasteiger partial charge >= 0.3 is 5.97 Å². The zero-order valence-electron chi connectivity index (χ0n) is 10.3. The van der Waals surface area contributed by atoms with E-state index in [4.69, 9.17) is 5.11 Å². The maximum atomic E-state index is 11.9. The third-order valence-electron chi connectivity index (χ3n) is 3.38. The number of aromatic nitrogens is 2. The molecule has 1 aromatic heterocycles. The molecule has 2 rings (SSSR count). The lowest BCUT2D eigenvalue weighted by atomic mass is 9.95. The summed E-state index contributed by atoms with van der Waals surface area (Å²) < 4.78 is 1.66. The Balaban J connectivity index is 1.89. The molecule has 0 aromatic carbocycles. The SMILES string of the molecule is Cn1ccc(CNC(=O)C2CCCC2C(=O)O)n1. The lowest BCUT2D eigenvalue weighted by molar-refractivity contribution is -0.146. The van der Waals surface area contributed by atoms with Crippen molar-refractivity contribution in [2.24, 2.45) is 18.9 Å². The van der Waals surface area contributed by atoms with E-state index in [1.165, 1.54) is 0 Å². The number of nitrogens with zero attached hydrogens (tertiary/aromatic N) is 2. The van der Waals surface area contributed by atoms with Crippen LogP contribution in [-0.4, -0.2) is 26.8 Å². The van der Waals surface area contributed by atoms with Gasteiger partial charge in [0.05, 0.1) is 24.1 Å². The Labute approximate surface area is 105 Å². The average Bonchev–Trinajstić information content (AvgIpc) is 2.94. The normalized spacial score (nSPS) is 22.9. The van der Waals surface area contributed by atoms with Crippen LogP contribution in [-0.2, 0) is 23.2 Å². The molecule has 0 aliphatic heterocycles. The summed E-state index contributed by atoms with van der Waals surface area (Å²) in [6.07, 6.45) is 3.86. The van der Waals surface area contributed by atoms with E-state index in [2.05, 4.69) is 10.4 Å². The highest BCUT2D eigenvalue weighted by atomic mass is 16.4. The molecule has 98 valence electrons. The quantitative estimate of drug-likeness (QED) is 0.818. The van der Waals surface area contributed by atoms with Gasteiger partial charge in [-0.3, -0.25) is 14.3 Å². The van der Waals surface area contributed by atoms with Gasteiger partial charge in [0, 0.05) is 13.2 Å². The fraction of sp³-hybridized carbons (Fsp3) is 0.583. The number of amides is 1. The van der Waals surface area contributed by atoms with Crippen molar-refractivity contribution in [3.8, 4) is 0 Å². The molecule has 0 spiro atoms. The maximum absolute atomic E-state index is 11.9. The highest BCUT2D eigenvalue weighted by Gasteiger charge is 2.37. The van der Waals surface area contributed by atoms with Crippen LogP contribution < -0.4 is 5.32 Å². The van der Waals surface area contributed by atoms with Crippen molar-refractivity contribution in [2.45, 2.75) is 25.8 Å². The topological polar surface area (TPSA) is 84.2 Å². The summed E-state index contributed by atoms with van der Waals surface area (Å²) in [7, 11) is 1.81. The van der Waals surface area contributed by atoms with Crippen molar-refractivity contribution in [1.82, 2.24) is 15.1 Å². The molecular weight excluding hydrogens is 234 g/mol. The van der Waals surface area contributed by atoms with E-state index in [1.807, 2.05) is 13.1 Å². The van der Waals surface area contributed by atoms with Crippen LogP contribution in [0.1, 0.15) is 25.0 Å². The number of carboxylic acids is 1. The molecule has 2 unspecified atom stereocenters. The molecule has 1 aliphatic rings. The number of hydrogen-bond acceptors (Lipinski definition) is 3. The minimum Gasteiger partial charge on any atom is -0.481 e. The molecule has 1 saturated carbocycles. The van der Waals surface area contributed by atoms with E-state index in [0.29, 0.717) is 19.4 Å². The molecule has 1 amide bonds. The summed E-state index contributed by atoms with van der Waals surface area (Å²) in [5.41, 5.74) is 0.774. The zero-order chi connectivity index (χ0) is 13.1. The summed E-state index contributed by atoms with van der Waals surface area (Å²) >= 11 is 0. The van der Waals surface area contributed by atoms with Crippen molar-refractivity contribution >= 4 is 11.9 Å². The third kappa shape index (κ3) is 2.69. The molecule has 18 heavy (non-hydrogen) atoms. The van der Waals surface area contributed by atoms with Crippen molar-refractivity contribution in [3.63, 3.8) is 0 Å². The maximum Gasteiger partial charge on any atom is 0.307 e. The summed E-state index contributed by atoms with van der Waals surface area (Å²) in [4.78, 5) is 22.9. The molecule has 0 radical (unpaired) electrons. The first-order chi connectivity index (χ1) is 8.58. The van der Waals surface area contributed by atoms with Gasteiger partial charge in [0.15, 0.2) is 0 Å². The van der Waals surface area contributed by atoms with E-state index >= 15 is 0 Å². The highest BCUT2D eigenvalue weighted by molar-refractivity contribution is 5.85. The van der Waals surface area contributed by atoms with E-state index in [9.17, 15) is 9.59 Å². The lowest BCUT2D eigenvalue weighted by Gasteiger charge is -2.14. The molecule has 1 aliphatic carbocycles. The van der Waals surface area contributed by atoms with Gasteiger partial charge in [0.2, 0.25) is 5.91 Å². The Morgan fingerprint density at radius 1 is 1.50 bits per heavy atom. The molecule has 2 N–H and O–H groups in total. The van der Waals surface area contributed by atoms with Gasteiger partial charge in [-0.15, -0.1) is 0 Å². The van der Waals surface area contributed by atoms with E-state index in [-0.39, 0.29) is 5.91 Å². The van der Waals surface area contributed by atoms with Crippen LogP contribution in [0.25, 0.3) is 0 Å². The van der Waals surface area contributed by atoms with E-state index in [0.717, 1.165) is 12.1 Å². The number of nitrogens with one attached hydrogen (secondary N) is 1. The Morgan fingerprint density at radius 2 is 2.22 bits per heavy atom. The second-order valence-electron chi connectivity index (χ2n) is 4.68. The van der Waals surface area contributed by atoms with Crippen LogP contribution in [0.15, 0.2) is 12.3 Å². The lowest BCUT2D eigenvalue weighted by Crippen LogP contribution is -2.35. The molecule has 6 heteroatoms. The largest absolute Gasteiger partial charge is 0.481 e. The van der Waals surface area contributed by atoms with Crippen LogP contribution >= 0.6 is 0 Å². The van der Waals surface area contributed by atoms with Crippen molar-refractivity contribution in [3.05, 3.63) is 18.0 Å². The van der Waals surface area contributed by atoms with Gasteiger partial charge in [-0.25, -0.2) is 0 Å². The van der Waals surface area contributed by atoms with E-state index in [1.54, 1.807) is 10.9 Å². The number of carbonyl (C=O) groups is 2. The standard InChI is InChI=1S/C12H17N3O3/c1-15-6-5-8(14-15)7-13-11(16)9-3-2-4-10(9)12(17)18/h5-6,9-10H,2-4,7H2,1H3,(H,13,16)(H,17,18). The summed E-state index contributed by atoms with van der Waals surface area (Å²) in [5.74, 6) is -1.98. The molecule has 1 fully saturated rings. The number of aliphatic carboxylic acids is 1. The minimum absolute atomic E-state index is 0.175. The number of hydrogen-bond donors (Lipinski definition) is 2. The summed E-state index contributed by atoms with van der Waals surface area (Å²) in [5, 5.41) is 15.9. The average molecular weight is 251 g/mol. The zero-order valence-corrected chi connectivity index (χ0v) is 10.3. The fourth-order valence-electron chi connectivity index (χ4n) is 2.44. The predicted molar refractivity (Wildman–Crippen MR) is 63.5 cm³/mol. The second-order valence-corrected chi connectivity index (χ2v) is 4.68. The minimum atomic E-state index is -0.870. The number of carbonyl (C=O) groups excluding carboxylic acids is 1. The Kier molecular flexibility index (Phi) is 3.64. The second kappa shape index (κ2) is 5.20. The molecule has 0 bridgehead atoms. The molecule has 0 saturated heterocycles. The predicted octanol–water partition coefficient (Wildman–Crippen LogP) is 0.537. The molecule has 1 heterocycles. The number of aryl methyl sites for hydroxylation is 1. The van der Waals surface area contributed by atoms with Crippen LogP contribution in [0.2, 0.25) is 0 Å². The van der Waals surface area contributed by atoms with Crippen molar-refractivity contribution < 1.29 is 14.7 Å². The molecular formula is C12H17N3O3. The Morgan fingerprint density at radius 3 is 2.83 bits per heavy atom. The molecule has 6 nitrogen and oxygen atoms in total.